The van der Waals surface area contributed by atoms with Gasteiger partial charge in [-0.3, -0.25) is 9.59 Å². The SMILES string of the molecule is CC(C)CC1SCC(C(=O)Nc2ccc(F)cc2)N1C(=O)C1CC1. The number of amides is 2. The summed E-state index contributed by atoms with van der Waals surface area (Å²) in [4.78, 5) is 27.2. The Morgan fingerprint density at radius 1 is 1.29 bits per heavy atom. The summed E-state index contributed by atoms with van der Waals surface area (Å²) in [5.74, 6) is 0.768. The van der Waals surface area contributed by atoms with Crippen LogP contribution in [0.2, 0.25) is 0 Å². The summed E-state index contributed by atoms with van der Waals surface area (Å²) < 4.78 is 13.0. The molecule has 130 valence electrons. The summed E-state index contributed by atoms with van der Waals surface area (Å²) in [6.45, 7) is 4.26. The van der Waals surface area contributed by atoms with E-state index in [2.05, 4.69) is 19.2 Å². The van der Waals surface area contributed by atoms with Crippen LogP contribution in [0.5, 0.6) is 0 Å². The summed E-state index contributed by atoms with van der Waals surface area (Å²) in [5.41, 5.74) is 0.553. The lowest BCUT2D eigenvalue weighted by atomic mass is 10.1. The zero-order chi connectivity index (χ0) is 17.3. The molecule has 1 N–H and O–H groups in total. The van der Waals surface area contributed by atoms with Crippen LogP contribution in [0.25, 0.3) is 0 Å². The van der Waals surface area contributed by atoms with Crippen LogP contribution in [0.15, 0.2) is 24.3 Å². The van der Waals surface area contributed by atoms with E-state index >= 15 is 0 Å². The highest BCUT2D eigenvalue weighted by atomic mass is 32.2. The minimum absolute atomic E-state index is 0.0714. The Hall–Kier alpha value is -1.56. The van der Waals surface area contributed by atoms with Crippen molar-refractivity contribution < 1.29 is 14.0 Å². The standard InChI is InChI=1S/C18H23FN2O2S/c1-11(2)9-16-21(18(23)12-3-4-12)15(10-24-16)17(22)20-14-7-5-13(19)6-8-14/h5-8,11-12,15-16H,3-4,9-10H2,1-2H3,(H,20,22). The fraction of sp³-hybridized carbons (Fsp3) is 0.556. The summed E-state index contributed by atoms with van der Waals surface area (Å²) in [6.07, 6.45) is 2.75. The van der Waals surface area contributed by atoms with Gasteiger partial charge in [0.25, 0.3) is 0 Å². The minimum atomic E-state index is -0.447. The average Bonchev–Trinajstić information content (AvgIpc) is 3.30. The Bertz CT molecular complexity index is 616. The van der Waals surface area contributed by atoms with Crippen LogP contribution < -0.4 is 5.32 Å². The van der Waals surface area contributed by atoms with E-state index in [9.17, 15) is 14.0 Å². The topological polar surface area (TPSA) is 49.4 Å². The molecule has 0 spiro atoms. The van der Waals surface area contributed by atoms with Crippen LogP contribution in [0.1, 0.15) is 33.1 Å². The van der Waals surface area contributed by atoms with Crippen molar-refractivity contribution in [3.8, 4) is 0 Å². The number of carbonyl (C=O) groups excluding carboxylic acids is 2. The van der Waals surface area contributed by atoms with Crippen LogP contribution in [-0.4, -0.2) is 33.9 Å². The van der Waals surface area contributed by atoms with Crippen molar-refractivity contribution in [2.45, 2.75) is 44.5 Å². The maximum atomic E-state index is 13.0. The van der Waals surface area contributed by atoms with Gasteiger partial charge in [0.1, 0.15) is 11.9 Å². The first-order valence-electron chi connectivity index (χ1n) is 8.46. The lowest BCUT2D eigenvalue weighted by Crippen LogP contribution is -2.48. The zero-order valence-electron chi connectivity index (χ0n) is 14.0. The predicted molar refractivity (Wildman–Crippen MR) is 94.1 cm³/mol. The third-order valence-corrected chi connectivity index (χ3v) is 5.67. The summed E-state index contributed by atoms with van der Waals surface area (Å²) in [6, 6.07) is 5.25. The second kappa shape index (κ2) is 7.13. The second-order valence-corrected chi connectivity index (χ2v) is 8.16. The van der Waals surface area contributed by atoms with E-state index in [4.69, 9.17) is 0 Å². The molecule has 6 heteroatoms. The molecule has 2 aliphatic rings. The Morgan fingerprint density at radius 2 is 1.96 bits per heavy atom. The largest absolute Gasteiger partial charge is 0.324 e. The number of hydrogen-bond acceptors (Lipinski definition) is 3. The van der Waals surface area contributed by atoms with Crippen molar-refractivity contribution in [1.82, 2.24) is 4.90 Å². The number of rotatable bonds is 5. The van der Waals surface area contributed by atoms with E-state index in [1.54, 1.807) is 16.7 Å². The summed E-state index contributed by atoms with van der Waals surface area (Å²) >= 11 is 1.69. The molecule has 1 aliphatic carbocycles. The number of hydrogen-bond donors (Lipinski definition) is 1. The van der Waals surface area contributed by atoms with Gasteiger partial charge in [-0.2, -0.15) is 0 Å². The number of benzene rings is 1. The van der Waals surface area contributed by atoms with Gasteiger partial charge < -0.3 is 10.2 Å². The highest BCUT2D eigenvalue weighted by Crippen LogP contribution is 2.39. The second-order valence-electron chi connectivity index (χ2n) is 6.95. The predicted octanol–water partition coefficient (Wildman–Crippen LogP) is 3.49. The highest BCUT2D eigenvalue weighted by molar-refractivity contribution is 8.00. The molecule has 1 saturated carbocycles. The van der Waals surface area contributed by atoms with E-state index in [-0.39, 0.29) is 28.9 Å². The van der Waals surface area contributed by atoms with Gasteiger partial charge in [0, 0.05) is 17.4 Å². The number of nitrogens with one attached hydrogen (secondary N) is 1. The summed E-state index contributed by atoms with van der Waals surface area (Å²) in [5, 5.41) is 2.89. The van der Waals surface area contributed by atoms with Gasteiger partial charge in [0.2, 0.25) is 11.8 Å². The number of thioether (sulfide) groups is 1. The first-order valence-corrected chi connectivity index (χ1v) is 9.51. The third kappa shape index (κ3) is 3.91. The molecule has 2 amide bonds. The van der Waals surface area contributed by atoms with Gasteiger partial charge in [-0.15, -0.1) is 11.8 Å². The fourth-order valence-corrected chi connectivity index (χ4v) is 4.59. The fourth-order valence-electron chi connectivity index (χ4n) is 2.95. The van der Waals surface area contributed by atoms with E-state index < -0.39 is 6.04 Å². The normalized spacial score (nSPS) is 23.6. The van der Waals surface area contributed by atoms with Gasteiger partial charge in [-0.05, 0) is 49.4 Å². The van der Waals surface area contributed by atoms with Crippen LogP contribution in [0.4, 0.5) is 10.1 Å². The Balaban J connectivity index is 1.73. The smallest absolute Gasteiger partial charge is 0.248 e. The first kappa shape index (κ1) is 17.3. The molecule has 1 aromatic carbocycles. The maximum Gasteiger partial charge on any atom is 0.248 e. The van der Waals surface area contributed by atoms with Crippen LogP contribution in [0.3, 0.4) is 0 Å². The molecule has 1 aliphatic heterocycles. The molecular formula is C18H23FN2O2S. The molecule has 0 aromatic heterocycles. The van der Waals surface area contributed by atoms with Crippen molar-refractivity contribution in [2.75, 3.05) is 11.1 Å². The summed E-state index contributed by atoms with van der Waals surface area (Å²) in [7, 11) is 0. The molecule has 1 saturated heterocycles. The molecule has 2 atom stereocenters. The Labute approximate surface area is 146 Å². The van der Waals surface area contributed by atoms with E-state index in [1.165, 1.54) is 24.3 Å². The van der Waals surface area contributed by atoms with Crippen LogP contribution in [0, 0.1) is 17.7 Å². The third-order valence-electron chi connectivity index (χ3n) is 4.36. The molecule has 1 aromatic rings. The number of nitrogens with zero attached hydrogens (tertiary/aromatic N) is 1. The monoisotopic (exact) mass is 350 g/mol. The van der Waals surface area contributed by atoms with E-state index in [0.29, 0.717) is 17.4 Å². The van der Waals surface area contributed by atoms with Crippen LogP contribution in [-0.2, 0) is 9.59 Å². The molecule has 4 nitrogen and oxygen atoms in total. The molecule has 0 bridgehead atoms. The molecule has 2 fully saturated rings. The number of anilines is 1. The van der Waals surface area contributed by atoms with Crippen molar-refractivity contribution in [3.05, 3.63) is 30.1 Å². The molecule has 3 rings (SSSR count). The van der Waals surface area contributed by atoms with Gasteiger partial charge in [0.05, 0.1) is 5.37 Å². The molecule has 2 unspecified atom stereocenters. The van der Waals surface area contributed by atoms with Crippen LogP contribution >= 0.6 is 11.8 Å². The molecule has 1 heterocycles. The average molecular weight is 350 g/mol. The number of carbonyl (C=O) groups is 2. The Kier molecular flexibility index (Phi) is 5.13. The van der Waals surface area contributed by atoms with Gasteiger partial charge >= 0.3 is 0 Å². The quantitative estimate of drug-likeness (QED) is 0.884. The van der Waals surface area contributed by atoms with Crippen molar-refractivity contribution in [2.24, 2.45) is 11.8 Å². The lowest BCUT2D eigenvalue weighted by molar-refractivity contribution is -0.139. The van der Waals surface area contributed by atoms with Crippen molar-refractivity contribution in [3.63, 3.8) is 0 Å². The number of halogens is 1. The minimum Gasteiger partial charge on any atom is -0.324 e. The van der Waals surface area contributed by atoms with Crippen molar-refractivity contribution >= 4 is 29.3 Å². The van der Waals surface area contributed by atoms with E-state index in [1.807, 2.05) is 0 Å². The maximum absolute atomic E-state index is 13.0. The van der Waals surface area contributed by atoms with Gasteiger partial charge in [-0.1, -0.05) is 13.8 Å². The first-order chi connectivity index (χ1) is 11.5. The lowest BCUT2D eigenvalue weighted by Gasteiger charge is -2.30. The molecule has 0 radical (unpaired) electrons. The van der Waals surface area contributed by atoms with E-state index in [0.717, 1.165) is 19.3 Å². The zero-order valence-corrected chi connectivity index (χ0v) is 14.8. The van der Waals surface area contributed by atoms with Crippen molar-refractivity contribution in [1.29, 1.82) is 0 Å². The highest BCUT2D eigenvalue weighted by Gasteiger charge is 2.46. The Morgan fingerprint density at radius 3 is 2.54 bits per heavy atom. The van der Waals surface area contributed by atoms with Gasteiger partial charge in [0.15, 0.2) is 0 Å². The van der Waals surface area contributed by atoms with Gasteiger partial charge in [-0.25, -0.2) is 4.39 Å². The molecular weight excluding hydrogens is 327 g/mol. The molecule has 24 heavy (non-hydrogen) atoms.